The molecule has 1 aromatic heterocycles. The summed E-state index contributed by atoms with van der Waals surface area (Å²) in [5.41, 5.74) is 2.27. The number of fused-ring (bicyclic) bond motifs is 1. The molecule has 0 unspecified atom stereocenters. The SMILES string of the molecule is COc1ccc2c(Nc3cc([N+](=O)[O-])ccc3C)ncnc2c1. The van der Waals surface area contributed by atoms with Gasteiger partial charge in [0.05, 0.1) is 17.5 Å². The largest absolute Gasteiger partial charge is 0.497 e. The number of rotatable bonds is 4. The lowest BCUT2D eigenvalue weighted by atomic mass is 10.1. The molecular formula is C16H14N4O3. The van der Waals surface area contributed by atoms with E-state index in [-0.39, 0.29) is 5.69 Å². The van der Waals surface area contributed by atoms with Gasteiger partial charge in [0.2, 0.25) is 0 Å². The van der Waals surface area contributed by atoms with Crippen molar-refractivity contribution in [2.45, 2.75) is 6.92 Å². The Morgan fingerprint density at radius 1 is 1.17 bits per heavy atom. The van der Waals surface area contributed by atoms with Crippen LogP contribution >= 0.6 is 0 Å². The van der Waals surface area contributed by atoms with Crippen molar-refractivity contribution in [1.82, 2.24) is 9.97 Å². The molecule has 3 rings (SSSR count). The minimum atomic E-state index is -0.423. The van der Waals surface area contributed by atoms with Gasteiger partial charge in [0.1, 0.15) is 17.9 Å². The van der Waals surface area contributed by atoms with E-state index in [2.05, 4.69) is 15.3 Å². The summed E-state index contributed by atoms with van der Waals surface area (Å²) in [4.78, 5) is 19.0. The van der Waals surface area contributed by atoms with E-state index in [4.69, 9.17) is 4.74 Å². The van der Waals surface area contributed by atoms with Crippen molar-refractivity contribution in [2.75, 3.05) is 12.4 Å². The van der Waals surface area contributed by atoms with E-state index in [1.54, 1.807) is 13.2 Å². The van der Waals surface area contributed by atoms with Crippen LogP contribution in [-0.4, -0.2) is 22.0 Å². The van der Waals surface area contributed by atoms with Gasteiger partial charge in [0.25, 0.3) is 5.69 Å². The molecule has 0 fully saturated rings. The first-order valence-corrected chi connectivity index (χ1v) is 6.89. The Hall–Kier alpha value is -3.22. The van der Waals surface area contributed by atoms with Crippen LogP contribution in [0.2, 0.25) is 0 Å². The summed E-state index contributed by atoms with van der Waals surface area (Å²) in [5, 5.41) is 14.9. The van der Waals surface area contributed by atoms with E-state index in [1.807, 2.05) is 25.1 Å². The zero-order valence-electron chi connectivity index (χ0n) is 12.6. The molecule has 1 heterocycles. The number of nitro groups is 1. The molecule has 116 valence electrons. The van der Waals surface area contributed by atoms with E-state index >= 15 is 0 Å². The fourth-order valence-corrected chi connectivity index (χ4v) is 2.25. The number of hydrogen-bond acceptors (Lipinski definition) is 6. The minimum absolute atomic E-state index is 0.0260. The van der Waals surface area contributed by atoms with E-state index in [1.165, 1.54) is 18.5 Å². The molecule has 0 saturated heterocycles. The first-order chi connectivity index (χ1) is 11.1. The van der Waals surface area contributed by atoms with Crippen molar-refractivity contribution < 1.29 is 9.66 Å². The molecular weight excluding hydrogens is 296 g/mol. The summed E-state index contributed by atoms with van der Waals surface area (Å²) in [6, 6.07) is 10.1. The van der Waals surface area contributed by atoms with Gasteiger partial charge in [-0.05, 0) is 24.6 Å². The van der Waals surface area contributed by atoms with Crippen LogP contribution in [0.3, 0.4) is 0 Å². The fourth-order valence-electron chi connectivity index (χ4n) is 2.25. The van der Waals surface area contributed by atoms with Crippen LogP contribution in [0.5, 0.6) is 5.75 Å². The summed E-state index contributed by atoms with van der Waals surface area (Å²) in [5.74, 6) is 1.29. The number of methoxy groups -OCH3 is 1. The zero-order valence-corrected chi connectivity index (χ0v) is 12.6. The quantitative estimate of drug-likeness (QED) is 0.585. The summed E-state index contributed by atoms with van der Waals surface area (Å²) in [7, 11) is 1.59. The van der Waals surface area contributed by atoms with E-state index in [0.717, 1.165) is 16.5 Å². The summed E-state index contributed by atoms with van der Waals surface area (Å²) >= 11 is 0. The standard InChI is InChI=1S/C16H14N4O3/c1-10-3-4-11(20(21)22)7-14(10)19-16-13-6-5-12(23-2)8-15(13)17-9-18-16/h3-9H,1-2H3,(H,17,18,19). The second-order valence-corrected chi connectivity index (χ2v) is 4.99. The molecule has 0 atom stereocenters. The van der Waals surface area contributed by atoms with Gasteiger partial charge >= 0.3 is 0 Å². The molecule has 7 nitrogen and oxygen atoms in total. The third kappa shape index (κ3) is 2.89. The molecule has 0 aliphatic carbocycles. The van der Waals surface area contributed by atoms with Gasteiger partial charge in [0, 0.05) is 29.3 Å². The van der Waals surface area contributed by atoms with E-state index in [9.17, 15) is 10.1 Å². The van der Waals surface area contributed by atoms with Gasteiger partial charge in [-0.3, -0.25) is 10.1 Å². The molecule has 23 heavy (non-hydrogen) atoms. The average molecular weight is 310 g/mol. The Balaban J connectivity index is 2.05. The zero-order chi connectivity index (χ0) is 16.4. The molecule has 0 aliphatic rings. The number of ether oxygens (including phenoxy) is 1. The summed E-state index contributed by atoms with van der Waals surface area (Å²) in [6.07, 6.45) is 1.44. The number of non-ortho nitro benzene ring substituents is 1. The smallest absolute Gasteiger partial charge is 0.271 e. The van der Waals surface area contributed by atoms with Crippen molar-refractivity contribution in [3.63, 3.8) is 0 Å². The van der Waals surface area contributed by atoms with Crippen LogP contribution in [-0.2, 0) is 0 Å². The number of aryl methyl sites for hydroxylation is 1. The van der Waals surface area contributed by atoms with Crippen LogP contribution in [0.25, 0.3) is 10.9 Å². The molecule has 3 aromatic rings. The van der Waals surface area contributed by atoms with Crippen molar-refractivity contribution in [1.29, 1.82) is 0 Å². The normalized spacial score (nSPS) is 10.5. The second kappa shape index (κ2) is 5.88. The van der Waals surface area contributed by atoms with Crippen molar-refractivity contribution in [2.24, 2.45) is 0 Å². The maximum Gasteiger partial charge on any atom is 0.271 e. The van der Waals surface area contributed by atoms with Crippen LogP contribution in [0.4, 0.5) is 17.2 Å². The van der Waals surface area contributed by atoms with E-state index < -0.39 is 4.92 Å². The Morgan fingerprint density at radius 3 is 2.74 bits per heavy atom. The highest BCUT2D eigenvalue weighted by Crippen LogP contribution is 2.29. The number of aromatic nitrogens is 2. The third-order valence-electron chi connectivity index (χ3n) is 3.53. The monoisotopic (exact) mass is 310 g/mol. The van der Waals surface area contributed by atoms with Gasteiger partial charge < -0.3 is 10.1 Å². The molecule has 0 amide bonds. The molecule has 2 aromatic carbocycles. The number of anilines is 2. The Bertz CT molecular complexity index is 896. The Labute approximate surface area is 132 Å². The number of benzene rings is 2. The molecule has 0 spiro atoms. The lowest BCUT2D eigenvalue weighted by molar-refractivity contribution is -0.384. The number of nitro benzene ring substituents is 1. The van der Waals surface area contributed by atoms with Crippen molar-refractivity contribution in [3.8, 4) is 5.75 Å². The number of nitrogens with zero attached hydrogens (tertiary/aromatic N) is 3. The lowest BCUT2D eigenvalue weighted by Crippen LogP contribution is -1.99. The Morgan fingerprint density at radius 2 is 2.00 bits per heavy atom. The van der Waals surface area contributed by atoms with Crippen LogP contribution < -0.4 is 10.1 Å². The van der Waals surface area contributed by atoms with Crippen molar-refractivity contribution in [3.05, 3.63) is 58.4 Å². The number of nitrogens with one attached hydrogen (secondary N) is 1. The lowest BCUT2D eigenvalue weighted by Gasteiger charge is -2.11. The summed E-state index contributed by atoms with van der Waals surface area (Å²) in [6.45, 7) is 1.87. The predicted molar refractivity (Wildman–Crippen MR) is 87.2 cm³/mol. The molecule has 0 saturated carbocycles. The first-order valence-electron chi connectivity index (χ1n) is 6.89. The Kier molecular flexibility index (Phi) is 3.76. The van der Waals surface area contributed by atoms with Gasteiger partial charge in [-0.25, -0.2) is 9.97 Å². The molecule has 1 N–H and O–H groups in total. The van der Waals surface area contributed by atoms with Gasteiger partial charge in [0.15, 0.2) is 0 Å². The molecule has 0 bridgehead atoms. The second-order valence-electron chi connectivity index (χ2n) is 4.99. The molecule has 0 aliphatic heterocycles. The first kappa shape index (κ1) is 14.7. The predicted octanol–water partition coefficient (Wildman–Crippen LogP) is 3.60. The fraction of sp³-hybridized carbons (Fsp3) is 0.125. The maximum atomic E-state index is 10.9. The maximum absolute atomic E-state index is 10.9. The highest BCUT2D eigenvalue weighted by Gasteiger charge is 2.11. The minimum Gasteiger partial charge on any atom is -0.497 e. The van der Waals surface area contributed by atoms with Gasteiger partial charge in [-0.1, -0.05) is 6.07 Å². The third-order valence-corrected chi connectivity index (χ3v) is 3.53. The van der Waals surface area contributed by atoms with E-state index in [0.29, 0.717) is 17.3 Å². The van der Waals surface area contributed by atoms with Gasteiger partial charge in [-0.2, -0.15) is 0 Å². The van der Waals surface area contributed by atoms with Gasteiger partial charge in [-0.15, -0.1) is 0 Å². The topological polar surface area (TPSA) is 90.2 Å². The number of hydrogen-bond donors (Lipinski definition) is 1. The summed E-state index contributed by atoms with van der Waals surface area (Å²) < 4.78 is 5.19. The van der Waals surface area contributed by atoms with Crippen LogP contribution in [0.15, 0.2) is 42.7 Å². The van der Waals surface area contributed by atoms with Crippen molar-refractivity contribution >= 4 is 28.1 Å². The van der Waals surface area contributed by atoms with Crippen LogP contribution in [0, 0.1) is 17.0 Å². The average Bonchev–Trinajstić information content (AvgIpc) is 2.56. The molecule has 7 heteroatoms. The highest BCUT2D eigenvalue weighted by molar-refractivity contribution is 5.91. The molecule has 0 radical (unpaired) electrons. The highest BCUT2D eigenvalue weighted by atomic mass is 16.6. The van der Waals surface area contributed by atoms with Crippen LogP contribution in [0.1, 0.15) is 5.56 Å².